The van der Waals surface area contributed by atoms with Crippen molar-refractivity contribution in [2.75, 3.05) is 5.32 Å². The highest BCUT2D eigenvalue weighted by Crippen LogP contribution is 2.30. The molecule has 3 rings (SSSR count). The van der Waals surface area contributed by atoms with Gasteiger partial charge in [0.05, 0.1) is 17.4 Å². The molecule has 1 aromatic heterocycles. The second-order valence-corrected chi connectivity index (χ2v) is 5.79. The van der Waals surface area contributed by atoms with Crippen LogP contribution in [0.2, 0.25) is 0 Å². The van der Waals surface area contributed by atoms with Crippen molar-refractivity contribution >= 4 is 16.6 Å². The van der Waals surface area contributed by atoms with Crippen LogP contribution in [0, 0.1) is 5.92 Å². The van der Waals surface area contributed by atoms with Gasteiger partial charge in [0.2, 0.25) is 0 Å². The predicted octanol–water partition coefficient (Wildman–Crippen LogP) is 4.33. The molecule has 102 valence electrons. The van der Waals surface area contributed by atoms with Crippen molar-refractivity contribution in [3.8, 4) is 0 Å². The molecular weight excluding hydrogens is 234 g/mol. The number of rotatable bonds is 4. The maximum Gasteiger partial charge on any atom is 0.0881 e. The third-order valence-electron chi connectivity index (χ3n) is 4.38. The van der Waals surface area contributed by atoms with Crippen LogP contribution in [-0.4, -0.2) is 16.2 Å². The number of aromatic amines is 1. The Morgan fingerprint density at radius 2 is 2.11 bits per heavy atom. The highest BCUT2D eigenvalue weighted by molar-refractivity contribution is 5.89. The summed E-state index contributed by atoms with van der Waals surface area (Å²) < 4.78 is 0. The van der Waals surface area contributed by atoms with Gasteiger partial charge in [0.25, 0.3) is 0 Å². The Morgan fingerprint density at radius 3 is 2.89 bits per heavy atom. The molecule has 0 spiro atoms. The van der Waals surface area contributed by atoms with Crippen molar-refractivity contribution in [2.24, 2.45) is 5.92 Å². The second kappa shape index (κ2) is 5.64. The number of aromatic nitrogens is 2. The van der Waals surface area contributed by atoms with Gasteiger partial charge in [-0.05, 0) is 37.7 Å². The number of nitrogens with one attached hydrogen (secondary N) is 2. The Hall–Kier alpha value is -1.51. The number of hydrogen-bond acceptors (Lipinski definition) is 2. The van der Waals surface area contributed by atoms with E-state index in [9.17, 15) is 0 Å². The van der Waals surface area contributed by atoms with Crippen LogP contribution in [0.4, 0.5) is 5.69 Å². The fourth-order valence-electron chi connectivity index (χ4n) is 3.31. The smallest absolute Gasteiger partial charge is 0.0881 e. The van der Waals surface area contributed by atoms with Gasteiger partial charge >= 0.3 is 0 Å². The van der Waals surface area contributed by atoms with E-state index in [0.29, 0.717) is 6.04 Å². The first-order chi connectivity index (χ1) is 9.36. The molecule has 0 unspecified atom stereocenters. The Labute approximate surface area is 114 Å². The molecule has 19 heavy (non-hydrogen) atoms. The molecule has 0 saturated heterocycles. The van der Waals surface area contributed by atoms with Gasteiger partial charge in [-0.3, -0.25) is 5.10 Å². The van der Waals surface area contributed by atoms with Crippen LogP contribution in [0.1, 0.15) is 45.4 Å². The summed E-state index contributed by atoms with van der Waals surface area (Å²) in [5.41, 5.74) is 2.34. The molecule has 1 heterocycles. The van der Waals surface area contributed by atoms with E-state index in [-0.39, 0.29) is 0 Å². The standard InChI is InChI=1S/C16H23N3/c1-2-4-12-7-9-14(10-8-12)18-15-6-3-5-13-11-17-19-16(13)15/h3,5-6,11-12,14,18H,2,4,7-10H2,1H3,(H,17,19). The van der Waals surface area contributed by atoms with Crippen molar-refractivity contribution in [1.29, 1.82) is 0 Å². The number of H-pyrrole nitrogens is 1. The molecule has 3 nitrogen and oxygen atoms in total. The third-order valence-corrected chi connectivity index (χ3v) is 4.38. The van der Waals surface area contributed by atoms with Gasteiger partial charge < -0.3 is 5.32 Å². The fraction of sp³-hybridized carbons (Fsp3) is 0.562. The average molecular weight is 257 g/mol. The number of hydrogen-bond donors (Lipinski definition) is 2. The van der Waals surface area contributed by atoms with E-state index in [1.54, 1.807) is 0 Å². The molecule has 1 fully saturated rings. The Kier molecular flexibility index (Phi) is 3.72. The largest absolute Gasteiger partial charge is 0.381 e. The van der Waals surface area contributed by atoms with Crippen LogP contribution in [0.3, 0.4) is 0 Å². The molecule has 1 aliphatic rings. The van der Waals surface area contributed by atoms with Gasteiger partial charge in [-0.1, -0.05) is 31.9 Å². The number of para-hydroxylation sites is 1. The normalized spacial score (nSPS) is 23.6. The molecule has 0 bridgehead atoms. The van der Waals surface area contributed by atoms with E-state index in [1.165, 1.54) is 49.6 Å². The van der Waals surface area contributed by atoms with Gasteiger partial charge in [0.1, 0.15) is 0 Å². The lowest BCUT2D eigenvalue weighted by molar-refractivity contribution is 0.319. The maximum atomic E-state index is 4.13. The molecule has 1 aromatic carbocycles. The second-order valence-electron chi connectivity index (χ2n) is 5.79. The highest BCUT2D eigenvalue weighted by atomic mass is 15.1. The highest BCUT2D eigenvalue weighted by Gasteiger charge is 2.20. The summed E-state index contributed by atoms with van der Waals surface area (Å²) in [6.45, 7) is 2.29. The summed E-state index contributed by atoms with van der Waals surface area (Å²) in [7, 11) is 0. The van der Waals surface area contributed by atoms with E-state index in [1.807, 2.05) is 6.20 Å². The number of benzene rings is 1. The minimum absolute atomic E-state index is 0.627. The van der Waals surface area contributed by atoms with Gasteiger partial charge in [0, 0.05) is 11.4 Å². The van der Waals surface area contributed by atoms with Crippen molar-refractivity contribution in [3.05, 3.63) is 24.4 Å². The van der Waals surface area contributed by atoms with E-state index in [2.05, 4.69) is 40.6 Å². The molecule has 1 aliphatic carbocycles. The maximum absolute atomic E-state index is 4.13. The van der Waals surface area contributed by atoms with Crippen LogP contribution in [0.15, 0.2) is 24.4 Å². The Balaban J connectivity index is 1.65. The molecule has 0 radical (unpaired) electrons. The lowest BCUT2D eigenvalue weighted by atomic mass is 9.83. The van der Waals surface area contributed by atoms with Crippen LogP contribution < -0.4 is 5.32 Å². The molecule has 3 heteroatoms. The van der Waals surface area contributed by atoms with Crippen LogP contribution in [-0.2, 0) is 0 Å². The van der Waals surface area contributed by atoms with Gasteiger partial charge in [-0.25, -0.2) is 0 Å². The summed E-state index contributed by atoms with van der Waals surface area (Å²) in [6, 6.07) is 6.98. The van der Waals surface area contributed by atoms with Crippen LogP contribution in [0.25, 0.3) is 10.9 Å². The SMILES string of the molecule is CCCC1CCC(Nc2cccc3cn[nH]c23)CC1. The zero-order valence-corrected chi connectivity index (χ0v) is 11.7. The van der Waals surface area contributed by atoms with Gasteiger partial charge in [-0.2, -0.15) is 5.10 Å². The van der Waals surface area contributed by atoms with Crippen molar-refractivity contribution in [3.63, 3.8) is 0 Å². The summed E-state index contributed by atoms with van der Waals surface area (Å²) >= 11 is 0. The van der Waals surface area contributed by atoms with Crippen molar-refractivity contribution in [1.82, 2.24) is 10.2 Å². The molecule has 0 amide bonds. The Morgan fingerprint density at radius 1 is 1.26 bits per heavy atom. The summed E-state index contributed by atoms with van der Waals surface area (Å²) in [5.74, 6) is 0.964. The summed E-state index contributed by atoms with van der Waals surface area (Å²) in [5, 5.41) is 12.1. The first kappa shape index (κ1) is 12.5. The van der Waals surface area contributed by atoms with Gasteiger partial charge in [-0.15, -0.1) is 0 Å². The third kappa shape index (κ3) is 2.75. The number of fused-ring (bicyclic) bond motifs is 1. The topological polar surface area (TPSA) is 40.7 Å². The predicted molar refractivity (Wildman–Crippen MR) is 80.4 cm³/mol. The van der Waals surface area contributed by atoms with E-state index < -0.39 is 0 Å². The lowest BCUT2D eigenvalue weighted by Crippen LogP contribution is -2.26. The molecule has 2 N–H and O–H groups in total. The van der Waals surface area contributed by atoms with Crippen molar-refractivity contribution in [2.45, 2.75) is 51.5 Å². The Bertz CT molecular complexity index is 524. The average Bonchev–Trinajstić information content (AvgIpc) is 2.91. The molecular formula is C16H23N3. The lowest BCUT2D eigenvalue weighted by Gasteiger charge is -2.29. The molecule has 0 aliphatic heterocycles. The number of anilines is 1. The zero-order chi connectivity index (χ0) is 13.1. The fourth-order valence-corrected chi connectivity index (χ4v) is 3.31. The van der Waals surface area contributed by atoms with E-state index in [0.717, 1.165) is 11.4 Å². The van der Waals surface area contributed by atoms with Gasteiger partial charge in [0.15, 0.2) is 0 Å². The molecule has 0 atom stereocenters. The quantitative estimate of drug-likeness (QED) is 0.855. The first-order valence-corrected chi connectivity index (χ1v) is 7.55. The number of nitrogens with zero attached hydrogens (tertiary/aromatic N) is 1. The van der Waals surface area contributed by atoms with E-state index >= 15 is 0 Å². The summed E-state index contributed by atoms with van der Waals surface area (Å²) in [4.78, 5) is 0. The first-order valence-electron chi connectivity index (χ1n) is 7.55. The van der Waals surface area contributed by atoms with Crippen LogP contribution >= 0.6 is 0 Å². The van der Waals surface area contributed by atoms with E-state index in [4.69, 9.17) is 0 Å². The zero-order valence-electron chi connectivity index (χ0n) is 11.7. The summed E-state index contributed by atoms with van der Waals surface area (Å²) in [6.07, 6.45) is 9.98. The minimum atomic E-state index is 0.627. The monoisotopic (exact) mass is 257 g/mol. The molecule has 2 aromatic rings. The van der Waals surface area contributed by atoms with Crippen LogP contribution in [0.5, 0.6) is 0 Å². The van der Waals surface area contributed by atoms with Crippen molar-refractivity contribution < 1.29 is 0 Å². The minimum Gasteiger partial charge on any atom is -0.381 e. The molecule has 1 saturated carbocycles.